The number of carbonyl (C=O) groups is 3. The van der Waals surface area contributed by atoms with Crippen LogP contribution in [-0.2, 0) is 32.0 Å². The first-order chi connectivity index (χ1) is 13.4. The first kappa shape index (κ1) is 19.1. The number of hydrogen-bond donors (Lipinski definition) is 0. The maximum absolute atomic E-state index is 12.6. The Morgan fingerprint density at radius 1 is 1.21 bits per heavy atom. The van der Waals surface area contributed by atoms with Crippen molar-refractivity contribution in [2.24, 2.45) is 0 Å². The van der Waals surface area contributed by atoms with Gasteiger partial charge in [0.05, 0.1) is 13.2 Å². The molecule has 10 nitrogen and oxygen atoms in total. The highest BCUT2D eigenvalue weighted by molar-refractivity contribution is 5.90. The third-order valence-corrected chi connectivity index (χ3v) is 4.34. The maximum Gasteiger partial charge on any atom is 0.433 e. The minimum atomic E-state index is -1.02. The maximum atomic E-state index is 12.6. The second kappa shape index (κ2) is 7.91. The van der Waals surface area contributed by atoms with Gasteiger partial charge in [0, 0.05) is 13.0 Å². The number of carbonyl (C=O) groups excluding carboxylic acids is 3. The standard InChI is InChI=1S/C18H16N2O8/c1-26-17(22)13-8-11-4-2-3-5-12(11)9-19(13)15(21)10-27-18(23)14-6-7-16(28-14)20(24)25/h2-7,13H,8-10H2,1H3/t13-/m0/s1. The first-order valence-corrected chi connectivity index (χ1v) is 8.26. The molecule has 146 valence electrons. The molecule has 10 heteroatoms. The number of ether oxygens (including phenoxy) is 2. The fraction of sp³-hybridized carbons (Fsp3) is 0.278. The summed E-state index contributed by atoms with van der Waals surface area (Å²) in [4.78, 5) is 47.7. The van der Waals surface area contributed by atoms with Crippen LogP contribution in [0.15, 0.2) is 40.8 Å². The minimum absolute atomic E-state index is 0.165. The number of rotatable bonds is 5. The zero-order valence-corrected chi connectivity index (χ0v) is 14.8. The highest BCUT2D eigenvalue weighted by Gasteiger charge is 2.35. The second-order valence-electron chi connectivity index (χ2n) is 6.00. The van der Waals surface area contributed by atoms with Crippen molar-refractivity contribution in [2.75, 3.05) is 13.7 Å². The van der Waals surface area contributed by atoms with Gasteiger partial charge in [-0.05, 0) is 17.2 Å². The fourth-order valence-electron chi connectivity index (χ4n) is 2.95. The van der Waals surface area contributed by atoms with Gasteiger partial charge in [0.1, 0.15) is 11.0 Å². The Morgan fingerprint density at radius 3 is 2.57 bits per heavy atom. The second-order valence-corrected chi connectivity index (χ2v) is 6.00. The van der Waals surface area contributed by atoms with Crippen LogP contribution in [0.5, 0.6) is 0 Å². The summed E-state index contributed by atoms with van der Waals surface area (Å²) in [5.41, 5.74) is 1.81. The zero-order chi connectivity index (χ0) is 20.3. The van der Waals surface area contributed by atoms with Crippen molar-refractivity contribution in [3.05, 3.63) is 63.4 Å². The van der Waals surface area contributed by atoms with E-state index in [0.29, 0.717) is 0 Å². The van der Waals surface area contributed by atoms with Gasteiger partial charge in [-0.3, -0.25) is 14.9 Å². The van der Waals surface area contributed by atoms with Gasteiger partial charge in [-0.2, -0.15) is 0 Å². The number of furan rings is 1. The van der Waals surface area contributed by atoms with Crippen molar-refractivity contribution >= 4 is 23.7 Å². The largest absolute Gasteiger partial charge is 0.467 e. The molecular weight excluding hydrogens is 372 g/mol. The van der Waals surface area contributed by atoms with E-state index >= 15 is 0 Å². The molecule has 0 saturated carbocycles. The van der Waals surface area contributed by atoms with E-state index in [4.69, 9.17) is 13.9 Å². The third kappa shape index (κ3) is 3.85. The molecule has 28 heavy (non-hydrogen) atoms. The van der Waals surface area contributed by atoms with Gasteiger partial charge < -0.3 is 18.8 Å². The van der Waals surface area contributed by atoms with E-state index in [1.807, 2.05) is 24.3 Å². The van der Waals surface area contributed by atoms with Crippen LogP contribution in [0.2, 0.25) is 0 Å². The summed E-state index contributed by atoms with van der Waals surface area (Å²) in [6.07, 6.45) is 0.285. The van der Waals surface area contributed by atoms with E-state index < -0.39 is 47.1 Å². The molecule has 2 aromatic rings. The molecule has 3 rings (SSSR count). The van der Waals surface area contributed by atoms with Crippen molar-refractivity contribution in [1.29, 1.82) is 0 Å². The van der Waals surface area contributed by atoms with Gasteiger partial charge in [-0.1, -0.05) is 24.3 Å². The van der Waals surface area contributed by atoms with E-state index in [1.165, 1.54) is 12.0 Å². The summed E-state index contributed by atoms with van der Waals surface area (Å²) in [6, 6.07) is 8.63. The average molecular weight is 388 g/mol. The third-order valence-electron chi connectivity index (χ3n) is 4.34. The van der Waals surface area contributed by atoms with Gasteiger partial charge in [0.2, 0.25) is 5.76 Å². The van der Waals surface area contributed by atoms with Crippen LogP contribution in [0, 0.1) is 10.1 Å². The SMILES string of the molecule is COC(=O)[C@@H]1Cc2ccccc2CN1C(=O)COC(=O)c1ccc([N+](=O)[O-])o1. The molecule has 1 atom stereocenters. The highest BCUT2D eigenvalue weighted by atomic mass is 16.7. The van der Waals surface area contributed by atoms with Crippen molar-refractivity contribution in [2.45, 2.75) is 19.0 Å². The molecular formula is C18H16N2O8. The predicted molar refractivity (Wildman–Crippen MR) is 92.1 cm³/mol. The molecule has 0 aliphatic carbocycles. The lowest BCUT2D eigenvalue weighted by Gasteiger charge is -2.35. The van der Waals surface area contributed by atoms with Crippen LogP contribution in [0.1, 0.15) is 21.7 Å². The number of nitrogens with zero attached hydrogens (tertiary/aromatic N) is 2. The first-order valence-electron chi connectivity index (χ1n) is 8.26. The van der Waals surface area contributed by atoms with Gasteiger partial charge in [-0.15, -0.1) is 0 Å². The summed E-state index contributed by atoms with van der Waals surface area (Å²) in [5.74, 6) is -3.20. The molecule has 0 fully saturated rings. The Labute approximate surface area is 158 Å². The van der Waals surface area contributed by atoms with E-state index in [1.54, 1.807) is 0 Å². The number of hydrogen-bond acceptors (Lipinski definition) is 8. The van der Waals surface area contributed by atoms with E-state index in [-0.39, 0.29) is 13.0 Å². The molecule has 0 bridgehead atoms. The van der Waals surface area contributed by atoms with Crippen molar-refractivity contribution in [1.82, 2.24) is 4.90 Å². The minimum Gasteiger partial charge on any atom is -0.467 e. The molecule has 2 heterocycles. The number of nitro groups is 1. The number of amides is 1. The van der Waals surface area contributed by atoms with Crippen LogP contribution in [0.25, 0.3) is 0 Å². The summed E-state index contributed by atoms with van der Waals surface area (Å²) < 4.78 is 14.4. The molecule has 1 amide bonds. The molecule has 1 aromatic carbocycles. The van der Waals surface area contributed by atoms with Gasteiger partial charge in [0.15, 0.2) is 6.61 Å². The van der Waals surface area contributed by atoms with Crippen LogP contribution < -0.4 is 0 Å². The van der Waals surface area contributed by atoms with Crippen molar-refractivity contribution in [3.63, 3.8) is 0 Å². The Bertz CT molecular complexity index is 935. The molecule has 0 saturated heterocycles. The lowest BCUT2D eigenvalue weighted by Crippen LogP contribution is -2.50. The zero-order valence-electron chi connectivity index (χ0n) is 14.8. The lowest BCUT2D eigenvalue weighted by atomic mass is 9.94. The number of methoxy groups -OCH3 is 1. The van der Waals surface area contributed by atoms with Gasteiger partial charge in [-0.25, -0.2) is 9.59 Å². The Kier molecular flexibility index (Phi) is 5.39. The Balaban J connectivity index is 1.69. The normalized spacial score (nSPS) is 15.5. The summed E-state index contributed by atoms with van der Waals surface area (Å²) >= 11 is 0. The van der Waals surface area contributed by atoms with Crippen molar-refractivity contribution in [3.8, 4) is 0 Å². The number of benzene rings is 1. The quantitative estimate of drug-likeness (QED) is 0.428. The Hall–Kier alpha value is -3.69. The highest BCUT2D eigenvalue weighted by Crippen LogP contribution is 2.24. The molecule has 0 N–H and O–H groups in total. The summed E-state index contributed by atoms with van der Waals surface area (Å²) in [6.45, 7) is -0.485. The Morgan fingerprint density at radius 2 is 1.93 bits per heavy atom. The smallest absolute Gasteiger partial charge is 0.433 e. The van der Waals surface area contributed by atoms with Crippen molar-refractivity contribution < 1.29 is 33.2 Å². The van der Waals surface area contributed by atoms with E-state index in [2.05, 4.69) is 0 Å². The number of fused-ring (bicyclic) bond motifs is 1. The van der Waals surface area contributed by atoms with E-state index in [0.717, 1.165) is 23.3 Å². The van der Waals surface area contributed by atoms with E-state index in [9.17, 15) is 24.5 Å². The summed E-state index contributed by atoms with van der Waals surface area (Å²) in [7, 11) is 1.23. The van der Waals surface area contributed by atoms with Crippen LogP contribution in [0.4, 0.5) is 5.88 Å². The van der Waals surface area contributed by atoms with Crippen LogP contribution in [0.3, 0.4) is 0 Å². The van der Waals surface area contributed by atoms with Crippen LogP contribution >= 0.6 is 0 Å². The van der Waals surface area contributed by atoms with Gasteiger partial charge in [0.25, 0.3) is 5.91 Å². The van der Waals surface area contributed by atoms with Crippen LogP contribution in [-0.4, -0.2) is 47.4 Å². The monoisotopic (exact) mass is 388 g/mol. The average Bonchev–Trinajstić information content (AvgIpc) is 3.21. The number of esters is 2. The topological polar surface area (TPSA) is 129 Å². The predicted octanol–water partition coefficient (Wildman–Crippen LogP) is 1.47. The molecule has 1 aliphatic rings. The molecule has 0 radical (unpaired) electrons. The molecule has 1 aromatic heterocycles. The molecule has 0 spiro atoms. The summed E-state index contributed by atoms with van der Waals surface area (Å²) in [5, 5.41) is 10.6. The lowest BCUT2D eigenvalue weighted by molar-refractivity contribution is -0.402. The fourth-order valence-corrected chi connectivity index (χ4v) is 2.95. The molecule has 1 aliphatic heterocycles. The van der Waals surface area contributed by atoms with Gasteiger partial charge >= 0.3 is 17.8 Å². The molecule has 0 unspecified atom stereocenters.